The Labute approximate surface area is 423 Å². The van der Waals surface area contributed by atoms with Crippen LogP contribution in [0.25, 0.3) is 0 Å². The summed E-state index contributed by atoms with van der Waals surface area (Å²) in [7, 11) is 0. The molecule has 0 bridgehead atoms. The van der Waals surface area contributed by atoms with Gasteiger partial charge >= 0.3 is 153 Å². The van der Waals surface area contributed by atoms with Gasteiger partial charge in [-0.2, -0.15) is 0 Å². The van der Waals surface area contributed by atoms with E-state index in [9.17, 15) is 14.4 Å². The van der Waals surface area contributed by atoms with Crippen LogP contribution in [0.5, 0.6) is 0 Å². The van der Waals surface area contributed by atoms with E-state index in [1.807, 2.05) is 13.8 Å². The van der Waals surface area contributed by atoms with Gasteiger partial charge in [0.15, 0.2) is 0 Å². The molecule has 0 aromatic carbocycles. The zero-order chi connectivity index (χ0) is 34.9. The molecular formula is C41H80Ca2Na2O5. The number of hydrogen-bond donors (Lipinski definition) is 0. The van der Waals surface area contributed by atoms with E-state index in [2.05, 4.69) is 64.9 Å². The quantitative estimate of drug-likeness (QED) is 0.0415. The third-order valence-corrected chi connectivity index (χ3v) is 9.38. The Hall–Kier alpha value is 2.61. The van der Waals surface area contributed by atoms with E-state index in [0.29, 0.717) is 11.8 Å². The summed E-state index contributed by atoms with van der Waals surface area (Å²) in [4.78, 5) is 36.2. The van der Waals surface area contributed by atoms with Crippen molar-refractivity contribution in [2.24, 2.45) is 35.5 Å². The van der Waals surface area contributed by atoms with Gasteiger partial charge in [0.2, 0.25) is 0 Å². The first-order valence-electron chi connectivity index (χ1n) is 19.0. The summed E-state index contributed by atoms with van der Waals surface area (Å²) >= 11 is 0. The van der Waals surface area contributed by atoms with Gasteiger partial charge in [-0.15, -0.1) is 0 Å². The van der Waals surface area contributed by atoms with Gasteiger partial charge in [0.25, 0.3) is 0 Å². The summed E-state index contributed by atoms with van der Waals surface area (Å²) in [5.74, 6) is 2.94. The van der Waals surface area contributed by atoms with Gasteiger partial charge < -0.3 is 18.0 Å². The smallest absolute Gasteiger partial charge is 1.00 e. The molecule has 0 aromatic heterocycles. The second kappa shape index (κ2) is 39.8. The maximum Gasteiger partial charge on any atom is 2.00 e. The molecule has 0 radical (unpaired) electrons. The number of hydrogen-bond acceptors (Lipinski definition) is 5. The molecule has 0 fully saturated rings. The van der Waals surface area contributed by atoms with Gasteiger partial charge in [0, 0.05) is 12.2 Å². The summed E-state index contributed by atoms with van der Waals surface area (Å²) in [6, 6.07) is 0. The number of esters is 2. The second-order valence-electron chi connectivity index (χ2n) is 15.8. The molecule has 5 nitrogen and oxygen atoms in total. The molecule has 0 saturated carbocycles. The van der Waals surface area contributed by atoms with Crippen LogP contribution in [0.15, 0.2) is 23.3 Å². The van der Waals surface area contributed by atoms with Crippen molar-refractivity contribution in [2.75, 3.05) is 0 Å². The van der Waals surface area contributed by atoms with Crippen LogP contribution in [0.1, 0.15) is 193 Å². The van der Waals surface area contributed by atoms with Crippen LogP contribution in [0, 0.1) is 35.5 Å². The van der Waals surface area contributed by atoms with Crippen LogP contribution < -0.4 is 59.1 Å². The van der Waals surface area contributed by atoms with Crippen LogP contribution in [0.2, 0.25) is 0 Å². The monoisotopic (exact) mass is 779 g/mol. The Balaban J connectivity index is -0.000000225. The fourth-order valence-corrected chi connectivity index (χ4v) is 6.21. The standard InChI is InChI=1S/C41H74O5.2Ca.2Na.6H/c1-31(2)17-11-19-33(5)21-13-23-35(7)25-15-27-37(9)29-39(42)45-41(44)46-40(43)30-38(10)28-16-26-36(8)24-14-22-34(6)20-12-18-32(3)4;;;;;;;;;;/h29-36H,11-28H2,1-10H3;;;;;;;;;;/q;2*+2;2*+1;6*-1/b37-29+,38-30+;;;;;;;;;;/t33-,34-,35-,36-;;;;;;;;;;/m1........../s1. The number of carbonyl (C=O) groups excluding carboxylic acids is 3. The molecule has 0 aliphatic rings. The van der Waals surface area contributed by atoms with Crippen molar-refractivity contribution in [3.63, 3.8) is 0 Å². The van der Waals surface area contributed by atoms with Gasteiger partial charge in [-0.3, -0.25) is 0 Å². The van der Waals surface area contributed by atoms with E-state index in [1.165, 1.54) is 89.2 Å². The number of rotatable bonds is 26. The Kier molecular flexibility index (Phi) is 49.2. The van der Waals surface area contributed by atoms with Crippen molar-refractivity contribution in [1.29, 1.82) is 0 Å². The summed E-state index contributed by atoms with van der Waals surface area (Å²) in [6.45, 7) is 22.3. The minimum absolute atomic E-state index is 0. The van der Waals surface area contributed by atoms with Crippen molar-refractivity contribution in [1.82, 2.24) is 0 Å². The predicted molar refractivity (Wildman–Crippen MR) is 213 cm³/mol. The molecule has 0 spiro atoms. The molecular weight excluding hydrogens is 699 g/mol. The molecule has 0 saturated heterocycles. The predicted octanol–water partition coefficient (Wildman–Crippen LogP) is 6.89. The van der Waals surface area contributed by atoms with E-state index in [4.69, 9.17) is 0 Å². The minimum Gasteiger partial charge on any atom is -1.00 e. The van der Waals surface area contributed by atoms with E-state index >= 15 is 0 Å². The Morgan fingerprint density at radius 2 is 0.700 bits per heavy atom. The molecule has 0 unspecified atom stereocenters. The fraction of sp³-hybridized carbons (Fsp3) is 0.829. The molecule has 0 aliphatic heterocycles. The van der Waals surface area contributed by atoms with Gasteiger partial charge in [-0.25, -0.2) is 14.4 Å². The summed E-state index contributed by atoms with van der Waals surface area (Å²) in [6.07, 6.45) is 22.8. The average Bonchev–Trinajstić information content (AvgIpc) is 2.92. The first-order valence-corrected chi connectivity index (χ1v) is 19.0. The average molecular weight is 779 g/mol. The van der Waals surface area contributed by atoms with Gasteiger partial charge in [-0.1, -0.05) is 156 Å². The zero-order valence-corrected chi connectivity index (χ0v) is 43.7. The van der Waals surface area contributed by atoms with Crippen LogP contribution >= 0.6 is 0 Å². The molecule has 0 aromatic rings. The second-order valence-corrected chi connectivity index (χ2v) is 15.8. The summed E-state index contributed by atoms with van der Waals surface area (Å²) in [5.41, 5.74) is 1.72. The van der Waals surface area contributed by atoms with Crippen molar-refractivity contribution in [3.8, 4) is 0 Å². The Morgan fingerprint density at radius 1 is 0.460 bits per heavy atom. The van der Waals surface area contributed by atoms with Crippen LogP contribution in [-0.2, 0) is 19.1 Å². The van der Waals surface area contributed by atoms with E-state index < -0.39 is 18.1 Å². The van der Waals surface area contributed by atoms with E-state index in [-0.39, 0.29) is 143 Å². The molecule has 280 valence electrons. The molecule has 0 aliphatic carbocycles. The normalized spacial score (nSPS) is 13.9. The Bertz CT molecular complexity index is 865. The van der Waals surface area contributed by atoms with Crippen molar-refractivity contribution >= 4 is 93.6 Å². The third-order valence-electron chi connectivity index (χ3n) is 9.38. The molecule has 0 rings (SSSR count). The molecule has 9 heteroatoms. The maximum atomic E-state index is 12.1. The van der Waals surface area contributed by atoms with Crippen molar-refractivity contribution in [3.05, 3.63) is 23.3 Å². The fourth-order valence-electron chi connectivity index (χ4n) is 6.21. The van der Waals surface area contributed by atoms with Crippen LogP contribution in [-0.4, -0.2) is 93.6 Å². The maximum absolute atomic E-state index is 12.1. The number of allylic oxidation sites excluding steroid dienone is 2. The van der Waals surface area contributed by atoms with Gasteiger partial charge in [0.05, 0.1) is 0 Å². The van der Waals surface area contributed by atoms with Crippen LogP contribution in [0.4, 0.5) is 4.79 Å². The van der Waals surface area contributed by atoms with Crippen molar-refractivity contribution < 1.29 is 91.5 Å². The van der Waals surface area contributed by atoms with Crippen LogP contribution in [0.3, 0.4) is 0 Å². The molecule has 0 N–H and O–H groups in total. The largest absolute Gasteiger partial charge is 2.00 e. The summed E-state index contributed by atoms with van der Waals surface area (Å²) < 4.78 is 9.38. The molecule has 4 atom stereocenters. The van der Waals surface area contributed by atoms with E-state index in [0.717, 1.165) is 73.3 Å². The zero-order valence-electron chi connectivity index (χ0n) is 41.3. The first kappa shape index (κ1) is 61.8. The topological polar surface area (TPSA) is 69.7 Å². The Morgan fingerprint density at radius 3 is 0.960 bits per heavy atom. The first-order chi connectivity index (χ1) is 21.7. The molecule has 0 amide bonds. The molecule has 0 heterocycles. The van der Waals surface area contributed by atoms with Gasteiger partial charge in [0.1, 0.15) is 0 Å². The minimum atomic E-state index is -1.28. The van der Waals surface area contributed by atoms with E-state index in [1.54, 1.807) is 0 Å². The SMILES string of the molecule is C/C(=C\C(=O)OC(=O)OC(=O)/C=C(\C)CCC[C@H](C)CCC[C@H](C)CCCC(C)C)CCC[C@H](C)CCC[C@H](C)CCCC(C)C.[Ca+2].[Ca+2].[H-].[H-].[H-].[H-].[H-].[H-].[Na+].[Na+]. The summed E-state index contributed by atoms with van der Waals surface area (Å²) in [5, 5.41) is 0. The molecule has 50 heavy (non-hydrogen) atoms. The number of ether oxygens (including phenoxy) is 2. The number of carbonyl (C=O) groups is 3. The van der Waals surface area contributed by atoms with Crippen molar-refractivity contribution in [2.45, 2.75) is 185 Å². The third kappa shape index (κ3) is 41.8. The van der Waals surface area contributed by atoms with Gasteiger partial charge in [-0.05, 0) is 75.0 Å².